The number of fused-ring (bicyclic) bond motifs is 1. The molecule has 1 N–H and O–H groups in total. The average Bonchev–Trinajstić information content (AvgIpc) is 3.54. The van der Waals surface area contributed by atoms with Gasteiger partial charge >= 0.3 is 0 Å². The second-order valence-corrected chi connectivity index (χ2v) is 10.4. The highest BCUT2D eigenvalue weighted by Crippen LogP contribution is 2.32. The quantitative estimate of drug-likeness (QED) is 0.450. The van der Waals surface area contributed by atoms with Gasteiger partial charge in [-0.25, -0.2) is 17.2 Å². The summed E-state index contributed by atoms with van der Waals surface area (Å²) in [5, 5.41) is 12.3. The van der Waals surface area contributed by atoms with Crippen molar-refractivity contribution in [3.63, 3.8) is 0 Å². The topological polar surface area (TPSA) is 83.9 Å². The molecule has 2 aromatic carbocycles. The van der Waals surface area contributed by atoms with Gasteiger partial charge in [-0.05, 0) is 49.1 Å². The predicted octanol–water partition coefficient (Wildman–Crippen LogP) is 4.46. The van der Waals surface area contributed by atoms with Gasteiger partial charge in [0.15, 0.2) is 0 Å². The van der Waals surface area contributed by atoms with Crippen molar-refractivity contribution in [2.45, 2.75) is 37.3 Å². The monoisotopic (exact) mass is 471 g/mol. The fraction of sp³-hybridized carbons (Fsp3) is 0.304. The van der Waals surface area contributed by atoms with Crippen molar-refractivity contribution in [3.8, 4) is 11.1 Å². The van der Waals surface area contributed by atoms with Crippen LogP contribution >= 0.6 is 0 Å². The molecule has 0 saturated carbocycles. The molecule has 172 valence electrons. The van der Waals surface area contributed by atoms with Crippen LogP contribution in [0.5, 0.6) is 0 Å². The van der Waals surface area contributed by atoms with E-state index in [1.165, 1.54) is 22.5 Å². The van der Waals surface area contributed by atoms with Crippen LogP contribution in [0.15, 0.2) is 66.0 Å². The first-order chi connectivity index (χ1) is 15.8. The van der Waals surface area contributed by atoms with Crippen molar-refractivity contribution in [3.05, 3.63) is 66.6 Å². The third kappa shape index (κ3) is 4.04. The van der Waals surface area contributed by atoms with Gasteiger partial charge in [-0.1, -0.05) is 18.2 Å². The second kappa shape index (κ2) is 8.35. The maximum Gasteiger partial charge on any atom is 0.263 e. The molecule has 4 aromatic rings. The first-order valence-corrected chi connectivity index (χ1v) is 12.1. The number of aromatic amines is 1. The third-order valence-electron chi connectivity index (χ3n) is 6.23. The van der Waals surface area contributed by atoms with Crippen LogP contribution in [0.4, 0.5) is 8.78 Å². The predicted molar refractivity (Wildman–Crippen MR) is 120 cm³/mol. The average molecular weight is 472 g/mol. The Labute approximate surface area is 190 Å². The molecule has 5 rings (SSSR count). The Morgan fingerprint density at radius 1 is 1.15 bits per heavy atom. The van der Waals surface area contributed by atoms with Gasteiger partial charge in [0.2, 0.25) is 10.0 Å². The van der Waals surface area contributed by atoms with Crippen LogP contribution in [0.3, 0.4) is 0 Å². The summed E-state index contributed by atoms with van der Waals surface area (Å²) in [6.07, 6.45) is 3.35. The lowest BCUT2D eigenvalue weighted by Gasteiger charge is -2.21. The van der Waals surface area contributed by atoms with Crippen LogP contribution in [-0.4, -0.2) is 45.3 Å². The van der Waals surface area contributed by atoms with Gasteiger partial charge in [-0.3, -0.25) is 9.78 Å². The number of H-pyrrole nitrogens is 1. The van der Waals surface area contributed by atoms with E-state index in [9.17, 15) is 17.2 Å². The summed E-state index contributed by atoms with van der Waals surface area (Å²) in [5.74, 6) is 0.0599. The molecule has 33 heavy (non-hydrogen) atoms. The van der Waals surface area contributed by atoms with E-state index in [0.717, 1.165) is 28.1 Å². The van der Waals surface area contributed by atoms with Crippen LogP contribution in [0.2, 0.25) is 0 Å². The number of nitrogens with one attached hydrogen (secondary N) is 1. The number of halogens is 2. The molecule has 7 nitrogen and oxygen atoms in total. The Balaban J connectivity index is 1.35. The number of hydrogen-bond acceptors (Lipinski definition) is 4. The number of alkyl halides is 2. The van der Waals surface area contributed by atoms with Gasteiger partial charge in [0.05, 0.1) is 22.8 Å². The number of rotatable bonds is 6. The van der Waals surface area contributed by atoms with Crippen LogP contribution in [0.1, 0.15) is 25.3 Å². The zero-order chi connectivity index (χ0) is 23.2. The Morgan fingerprint density at radius 2 is 2.00 bits per heavy atom. The van der Waals surface area contributed by atoms with Crippen LogP contribution < -0.4 is 0 Å². The normalized spacial score (nSPS) is 19.6. The number of nitrogens with zero attached hydrogens (tertiary/aromatic N) is 4. The largest absolute Gasteiger partial charge is 0.285 e. The number of benzene rings is 2. The number of aromatic nitrogens is 4. The summed E-state index contributed by atoms with van der Waals surface area (Å²) >= 11 is 0. The second-order valence-electron chi connectivity index (χ2n) is 8.49. The number of sulfonamides is 1. The molecule has 2 atom stereocenters. The molecule has 0 unspecified atom stereocenters. The van der Waals surface area contributed by atoms with Gasteiger partial charge in [-0.15, -0.1) is 0 Å². The highest BCUT2D eigenvalue weighted by atomic mass is 32.2. The summed E-state index contributed by atoms with van der Waals surface area (Å²) in [6, 6.07) is 10.9. The zero-order valence-corrected chi connectivity index (χ0v) is 18.7. The molecule has 2 aromatic heterocycles. The minimum Gasteiger partial charge on any atom is -0.285 e. The van der Waals surface area contributed by atoms with Gasteiger partial charge < -0.3 is 0 Å². The number of hydrogen-bond donors (Lipinski definition) is 1. The molecule has 1 aliphatic heterocycles. The summed E-state index contributed by atoms with van der Waals surface area (Å²) in [4.78, 5) is -0.0934. The van der Waals surface area contributed by atoms with Crippen molar-refractivity contribution in [2.75, 3.05) is 6.54 Å². The Hall–Kier alpha value is -3.11. The Morgan fingerprint density at radius 3 is 2.76 bits per heavy atom. The van der Waals surface area contributed by atoms with Gasteiger partial charge in [-0.2, -0.15) is 14.5 Å². The Kier molecular flexibility index (Phi) is 5.49. The third-order valence-corrected chi connectivity index (χ3v) is 8.20. The summed E-state index contributed by atoms with van der Waals surface area (Å²) in [7, 11) is -3.87. The van der Waals surface area contributed by atoms with Gasteiger partial charge in [0.1, 0.15) is 0 Å². The van der Waals surface area contributed by atoms with Crippen molar-refractivity contribution in [2.24, 2.45) is 5.92 Å². The van der Waals surface area contributed by atoms with Crippen molar-refractivity contribution in [1.29, 1.82) is 0 Å². The lowest BCUT2D eigenvalue weighted by atomic mass is 10.1. The molecule has 1 fully saturated rings. The lowest BCUT2D eigenvalue weighted by Crippen LogP contribution is -2.34. The summed E-state index contributed by atoms with van der Waals surface area (Å²) in [5.41, 5.74) is 2.71. The SMILES string of the molecule is C[C@H]1C[C@H](Cn2ncc3cc(-c4cn[nH]c4)ccc32)CN1S(=O)(=O)c1cccc(C(F)F)c1. The zero-order valence-electron chi connectivity index (χ0n) is 17.9. The molecule has 10 heteroatoms. The van der Waals surface area contributed by atoms with Crippen molar-refractivity contribution >= 4 is 20.9 Å². The van der Waals surface area contributed by atoms with Crippen LogP contribution in [0, 0.1) is 5.92 Å². The molecule has 0 amide bonds. The molecule has 3 heterocycles. The molecule has 0 spiro atoms. The molecule has 1 saturated heterocycles. The minimum absolute atomic E-state index is 0.0599. The van der Waals surface area contributed by atoms with Gasteiger partial charge in [0.25, 0.3) is 6.43 Å². The first kappa shape index (κ1) is 21.7. The maximum atomic E-state index is 13.2. The summed E-state index contributed by atoms with van der Waals surface area (Å²) < 4.78 is 55.8. The van der Waals surface area contributed by atoms with Crippen LogP contribution in [0.25, 0.3) is 22.0 Å². The molecular weight excluding hydrogens is 448 g/mol. The summed E-state index contributed by atoms with van der Waals surface area (Å²) in [6.45, 7) is 2.74. The Bertz CT molecular complexity index is 1390. The molecule has 0 radical (unpaired) electrons. The van der Waals surface area contributed by atoms with Gasteiger partial charge in [0, 0.05) is 41.8 Å². The van der Waals surface area contributed by atoms with E-state index in [0.29, 0.717) is 19.5 Å². The van der Waals surface area contributed by atoms with E-state index in [1.54, 1.807) is 6.20 Å². The van der Waals surface area contributed by atoms with Crippen molar-refractivity contribution < 1.29 is 17.2 Å². The fourth-order valence-corrected chi connectivity index (χ4v) is 6.36. The highest BCUT2D eigenvalue weighted by molar-refractivity contribution is 7.89. The van der Waals surface area contributed by atoms with E-state index in [4.69, 9.17) is 0 Å². The first-order valence-electron chi connectivity index (χ1n) is 10.7. The van der Waals surface area contributed by atoms with E-state index >= 15 is 0 Å². The van der Waals surface area contributed by atoms with E-state index < -0.39 is 16.4 Å². The van der Waals surface area contributed by atoms with Crippen molar-refractivity contribution in [1.82, 2.24) is 24.3 Å². The highest BCUT2D eigenvalue weighted by Gasteiger charge is 2.38. The molecule has 0 bridgehead atoms. The maximum absolute atomic E-state index is 13.2. The standard InChI is InChI=1S/C23H23F2N5O2S/c1-15-7-16(14-30(15)33(31,32)21-4-2-3-18(9-21)23(24)25)13-29-22-6-5-17(8-19(22)12-28-29)20-10-26-27-11-20/h2-6,8-12,15-16,23H,7,13-14H2,1H3,(H,26,27)/t15-,16+/m0/s1. The fourth-order valence-electron chi connectivity index (χ4n) is 4.59. The minimum atomic E-state index is -3.87. The van der Waals surface area contributed by atoms with E-state index in [-0.39, 0.29) is 22.4 Å². The van der Waals surface area contributed by atoms with E-state index in [2.05, 4.69) is 15.3 Å². The molecule has 0 aliphatic carbocycles. The molecular formula is C23H23F2N5O2S. The van der Waals surface area contributed by atoms with Crippen LogP contribution in [-0.2, 0) is 16.6 Å². The smallest absolute Gasteiger partial charge is 0.263 e. The van der Waals surface area contributed by atoms with E-state index in [1.807, 2.05) is 42.2 Å². The molecule has 1 aliphatic rings. The lowest BCUT2D eigenvalue weighted by molar-refractivity contribution is 0.151.